The molecule has 0 saturated carbocycles. The highest BCUT2D eigenvalue weighted by Crippen LogP contribution is 2.28. The Morgan fingerprint density at radius 2 is 2.19 bits per heavy atom. The number of likely N-dealkylation sites (tertiary alicyclic amines) is 1. The number of carbonyl (C=O) groups excluding carboxylic acids is 2. The summed E-state index contributed by atoms with van der Waals surface area (Å²) in [4.78, 5) is 27.4. The van der Waals surface area contributed by atoms with Crippen LogP contribution in [-0.2, 0) is 16.0 Å². The molecule has 138 valence electrons. The lowest BCUT2D eigenvalue weighted by atomic mass is 10.0. The molecule has 1 unspecified atom stereocenters. The average Bonchev–Trinajstić information content (AvgIpc) is 3.38. The highest BCUT2D eigenvalue weighted by molar-refractivity contribution is 8.00. The number of para-hydroxylation sites is 1. The van der Waals surface area contributed by atoms with Gasteiger partial charge in [0.15, 0.2) is 5.78 Å². The molecule has 1 aromatic carbocycles. The van der Waals surface area contributed by atoms with E-state index in [1.165, 1.54) is 11.8 Å². The van der Waals surface area contributed by atoms with Gasteiger partial charge in [0, 0.05) is 17.8 Å². The van der Waals surface area contributed by atoms with Crippen LogP contribution in [0.3, 0.4) is 0 Å². The highest BCUT2D eigenvalue weighted by atomic mass is 32.2. The summed E-state index contributed by atoms with van der Waals surface area (Å²) in [6, 6.07) is 8.90. The van der Waals surface area contributed by atoms with E-state index in [0.29, 0.717) is 18.2 Å². The van der Waals surface area contributed by atoms with Crippen molar-refractivity contribution in [1.82, 2.24) is 10.2 Å². The van der Waals surface area contributed by atoms with E-state index in [9.17, 15) is 14.7 Å². The quantitative estimate of drug-likeness (QED) is 0.827. The number of rotatable bonds is 5. The molecule has 2 saturated heterocycles. The Bertz CT molecular complexity index is 788. The largest absolute Gasteiger partial charge is 0.461 e. The van der Waals surface area contributed by atoms with Crippen molar-refractivity contribution < 1.29 is 19.1 Å². The Morgan fingerprint density at radius 1 is 1.35 bits per heavy atom. The summed E-state index contributed by atoms with van der Waals surface area (Å²) in [5.74, 6) is 1.13. The number of hydrogen-bond acceptors (Lipinski definition) is 6. The van der Waals surface area contributed by atoms with Gasteiger partial charge >= 0.3 is 0 Å². The van der Waals surface area contributed by atoms with Gasteiger partial charge in [-0.05, 0) is 25.0 Å². The minimum absolute atomic E-state index is 0.00264. The summed E-state index contributed by atoms with van der Waals surface area (Å²) in [6.45, 7) is 0.626. The number of nitrogens with zero attached hydrogens (tertiary/aromatic N) is 1. The fourth-order valence-electron chi connectivity index (χ4n) is 3.82. The van der Waals surface area contributed by atoms with E-state index in [4.69, 9.17) is 4.42 Å². The molecule has 0 radical (unpaired) electrons. The van der Waals surface area contributed by atoms with Crippen molar-refractivity contribution in [2.75, 3.05) is 19.0 Å². The Labute approximate surface area is 155 Å². The van der Waals surface area contributed by atoms with Gasteiger partial charge in [-0.1, -0.05) is 18.2 Å². The van der Waals surface area contributed by atoms with E-state index in [-0.39, 0.29) is 30.8 Å². The molecular formula is C19H22N2O4S. The van der Waals surface area contributed by atoms with Crippen molar-refractivity contribution in [3.63, 3.8) is 0 Å². The number of thioether (sulfide) groups is 1. The molecule has 1 amide bonds. The number of amides is 1. The fourth-order valence-corrected chi connectivity index (χ4v) is 4.95. The van der Waals surface area contributed by atoms with E-state index >= 15 is 0 Å². The average molecular weight is 374 g/mol. The van der Waals surface area contributed by atoms with Crippen LogP contribution >= 0.6 is 11.8 Å². The van der Waals surface area contributed by atoms with Crippen LogP contribution in [-0.4, -0.2) is 58.1 Å². The maximum Gasteiger partial charge on any atom is 0.241 e. The van der Waals surface area contributed by atoms with Crippen LogP contribution in [0.2, 0.25) is 0 Å². The number of hydrogen-bond donors (Lipinski definition) is 2. The summed E-state index contributed by atoms with van der Waals surface area (Å²) >= 11 is 1.47. The molecule has 6 nitrogen and oxygen atoms in total. The molecule has 2 N–H and O–H groups in total. The van der Waals surface area contributed by atoms with Crippen LogP contribution in [0.5, 0.6) is 0 Å². The first-order chi connectivity index (χ1) is 12.7. The van der Waals surface area contributed by atoms with Gasteiger partial charge in [-0.15, -0.1) is 11.8 Å². The maximum absolute atomic E-state index is 12.9. The van der Waals surface area contributed by atoms with Crippen LogP contribution in [0.4, 0.5) is 0 Å². The standard InChI is InChI=1S/C19H22N2O4S/c22-10-13-5-3-7-21(13)19(24)17-18(26-11-20-17)15(23)9-14-8-12-4-1-2-6-16(12)25-14/h1-2,4,6,8,13,17-18,20,22H,3,5,7,9-11H2/t13-,17-,18?/m0/s1. The second kappa shape index (κ2) is 7.42. The second-order valence-corrected chi connectivity index (χ2v) is 7.95. The number of furan rings is 1. The van der Waals surface area contributed by atoms with Crippen LogP contribution in [0.15, 0.2) is 34.7 Å². The zero-order valence-corrected chi connectivity index (χ0v) is 15.2. The first kappa shape index (κ1) is 17.6. The van der Waals surface area contributed by atoms with Gasteiger partial charge in [0.2, 0.25) is 5.91 Å². The lowest BCUT2D eigenvalue weighted by Gasteiger charge is -2.28. The Balaban J connectivity index is 1.47. The number of Topliss-reactive ketones (excluding diaryl/α,β-unsaturated/α-hetero) is 1. The van der Waals surface area contributed by atoms with Gasteiger partial charge in [-0.25, -0.2) is 0 Å². The monoisotopic (exact) mass is 374 g/mol. The molecular weight excluding hydrogens is 352 g/mol. The van der Waals surface area contributed by atoms with Crippen molar-refractivity contribution in [2.45, 2.75) is 36.6 Å². The van der Waals surface area contributed by atoms with Crippen molar-refractivity contribution in [3.8, 4) is 0 Å². The van der Waals surface area contributed by atoms with Crippen LogP contribution in [0.1, 0.15) is 18.6 Å². The third kappa shape index (κ3) is 3.26. The van der Waals surface area contributed by atoms with E-state index in [1.807, 2.05) is 30.3 Å². The van der Waals surface area contributed by atoms with Crippen LogP contribution in [0, 0.1) is 0 Å². The number of benzene rings is 1. The summed E-state index contributed by atoms with van der Waals surface area (Å²) in [5, 5.41) is 13.2. The topological polar surface area (TPSA) is 82.8 Å². The third-order valence-corrected chi connectivity index (χ3v) is 6.38. The van der Waals surface area contributed by atoms with Gasteiger partial charge < -0.3 is 14.4 Å². The predicted octanol–water partition coefficient (Wildman–Crippen LogP) is 1.56. The van der Waals surface area contributed by atoms with Gasteiger partial charge in [0.25, 0.3) is 0 Å². The first-order valence-electron chi connectivity index (χ1n) is 8.94. The zero-order chi connectivity index (χ0) is 18.1. The number of carbonyl (C=O) groups is 2. The molecule has 0 aliphatic carbocycles. The molecule has 0 bridgehead atoms. The van der Waals surface area contributed by atoms with Gasteiger partial charge in [-0.2, -0.15) is 0 Å². The number of aliphatic hydroxyl groups is 1. The molecule has 26 heavy (non-hydrogen) atoms. The Hall–Kier alpha value is -1.83. The lowest BCUT2D eigenvalue weighted by molar-refractivity contribution is -0.136. The first-order valence-corrected chi connectivity index (χ1v) is 9.99. The third-order valence-electron chi connectivity index (χ3n) is 5.15. The van der Waals surface area contributed by atoms with Crippen LogP contribution in [0.25, 0.3) is 11.0 Å². The smallest absolute Gasteiger partial charge is 0.241 e. The van der Waals surface area contributed by atoms with Crippen molar-refractivity contribution >= 4 is 34.4 Å². The maximum atomic E-state index is 12.9. The highest BCUT2D eigenvalue weighted by Gasteiger charge is 2.42. The number of fused-ring (bicyclic) bond motifs is 1. The van der Waals surface area contributed by atoms with Crippen LogP contribution < -0.4 is 5.32 Å². The van der Waals surface area contributed by atoms with Gasteiger partial charge in [0.05, 0.1) is 24.3 Å². The molecule has 2 fully saturated rings. The molecule has 4 rings (SSSR count). The fraction of sp³-hybridized carbons (Fsp3) is 0.474. The van der Waals surface area contributed by atoms with Gasteiger partial charge in [0.1, 0.15) is 17.4 Å². The summed E-state index contributed by atoms with van der Waals surface area (Å²) < 4.78 is 5.75. The Morgan fingerprint density at radius 3 is 3.00 bits per heavy atom. The molecule has 0 spiro atoms. The van der Waals surface area contributed by atoms with E-state index in [0.717, 1.165) is 23.8 Å². The number of ketones is 1. The van der Waals surface area contributed by atoms with Gasteiger partial charge in [-0.3, -0.25) is 14.9 Å². The summed E-state index contributed by atoms with van der Waals surface area (Å²) in [5.41, 5.74) is 0.767. The molecule has 1 aromatic heterocycles. The SMILES string of the molecule is O=C(Cc1cc2ccccc2o1)C1SCN[C@@H]1C(=O)N1CCC[C@H]1CO. The molecule has 3 atom stereocenters. The van der Waals surface area contributed by atoms with E-state index in [2.05, 4.69) is 5.32 Å². The predicted molar refractivity (Wildman–Crippen MR) is 99.9 cm³/mol. The minimum atomic E-state index is -0.524. The number of nitrogens with one attached hydrogen (secondary N) is 1. The van der Waals surface area contributed by atoms with E-state index in [1.54, 1.807) is 4.90 Å². The molecule has 3 heterocycles. The zero-order valence-electron chi connectivity index (χ0n) is 14.4. The normalized spacial score (nSPS) is 25.9. The minimum Gasteiger partial charge on any atom is -0.461 e. The molecule has 2 aliphatic rings. The summed E-state index contributed by atoms with van der Waals surface area (Å²) in [6.07, 6.45) is 1.90. The van der Waals surface area contributed by atoms with Crippen molar-refractivity contribution in [3.05, 3.63) is 36.1 Å². The molecule has 7 heteroatoms. The number of aliphatic hydroxyl groups excluding tert-OH is 1. The van der Waals surface area contributed by atoms with E-state index < -0.39 is 11.3 Å². The Kier molecular flexibility index (Phi) is 5.02. The second-order valence-electron chi connectivity index (χ2n) is 6.82. The van der Waals surface area contributed by atoms with Crippen molar-refractivity contribution in [1.29, 1.82) is 0 Å². The molecule has 2 aliphatic heterocycles. The lowest BCUT2D eigenvalue weighted by Crippen LogP contribution is -2.52. The molecule has 2 aromatic rings. The van der Waals surface area contributed by atoms with Crippen molar-refractivity contribution in [2.24, 2.45) is 0 Å². The summed E-state index contributed by atoms with van der Waals surface area (Å²) in [7, 11) is 0.